The van der Waals surface area contributed by atoms with Gasteiger partial charge in [0.05, 0.1) is 4.90 Å². The summed E-state index contributed by atoms with van der Waals surface area (Å²) in [5.74, 6) is 2.12. The van der Waals surface area contributed by atoms with E-state index in [4.69, 9.17) is 4.74 Å². The molecule has 0 aromatic heterocycles. The quantitative estimate of drug-likeness (QED) is 0.310. The molecule has 0 saturated heterocycles. The van der Waals surface area contributed by atoms with Crippen molar-refractivity contribution in [2.45, 2.75) is 89.1 Å². The molecular formula is C28H40O3S. The van der Waals surface area contributed by atoms with E-state index >= 15 is 0 Å². The van der Waals surface area contributed by atoms with Gasteiger partial charge < -0.3 is 4.74 Å². The van der Waals surface area contributed by atoms with Crippen molar-refractivity contribution in [3.63, 3.8) is 0 Å². The average Bonchev–Trinajstić information content (AvgIpc) is 2.79. The number of rotatable bonds is 12. The molecule has 1 aliphatic rings. The molecule has 0 bridgehead atoms. The van der Waals surface area contributed by atoms with Crippen molar-refractivity contribution in [1.29, 1.82) is 0 Å². The summed E-state index contributed by atoms with van der Waals surface area (Å²) in [4.78, 5) is 0.332. The maximum atomic E-state index is 11.8. The molecule has 2 aromatic carbocycles. The van der Waals surface area contributed by atoms with Crippen molar-refractivity contribution in [3.05, 3.63) is 59.7 Å². The molecule has 0 heterocycles. The minimum atomic E-state index is -3.20. The van der Waals surface area contributed by atoms with E-state index in [2.05, 4.69) is 38.1 Å². The fraction of sp³-hybridized carbons (Fsp3) is 0.571. The number of unbranched alkanes of at least 4 members (excludes halogenated alkanes) is 2. The Hall–Kier alpha value is -1.81. The van der Waals surface area contributed by atoms with E-state index in [1.807, 2.05) is 0 Å². The highest BCUT2D eigenvalue weighted by Gasteiger charge is 2.31. The summed E-state index contributed by atoms with van der Waals surface area (Å²) in [7, 11) is -3.20. The second kappa shape index (κ2) is 11.9. The summed E-state index contributed by atoms with van der Waals surface area (Å²) in [5.41, 5.74) is 2.68. The third-order valence-electron chi connectivity index (χ3n) is 7.07. The van der Waals surface area contributed by atoms with Crippen LogP contribution >= 0.6 is 0 Å². The Kier molecular flexibility index (Phi) is 9.22. The van der Waals surface area contributed by atoms with E-state index in [-0.39, 0.29) is 6.10 Å². The van der Waals surface area contributed by atoms with Gasteiger partial charge in [-0.25, -0.2) is 8.42 Å². The molecular weight excluding hydrogens is 416 g/mol. The summed E-state index contributed by atoms with van der Waals surface area (Å²) in [6, 6.07) is 15.5. The maximum Gasteiger partial charge on any atom is 0.175 e. The standard InChI is InChI=1S/C28H40O3S/c1-4-6-11-22(5-2)12-7-8-14-24-17-16-23-13-9-10-15-27(23)28(24)31-25-18-20-26(21-19-25)32(3,29)30/h9-10,13,15,18-22,24,28H,4-8,11-12,14,16-17H2,1-3H3. The molecule has 3 rings (SSSR count). The molecule has 0 amide bonds. The summed E-state index contributed by atoms with van der Waals surface area (Å²) in [5, 5.41) is 0. The van der Waals surface area contributed by atoms with Gasteiger partial charge in [0.1, 0.15) is 11.9 Å². The van der Waals surface area contributed by atoms with Crippen LogP contribution in [-0.4, -0.2) is 14.7 Å². The van der Waals surface area contributed by atoms with Crippen LogP contribution < -0.4 is 4.74 Å². The van der Waals surface area contributed by atoms with E-state index in [1.165, 1.54) is 68.7 Å². The van der Waals surface area contributed by atoms with Crippen molar-refractivity contribution < 1.29 is 13.2 Å². The summed E-state index contributed by atoms with van der Waals surface area (Å²) < 4.78 is 30.1. The third-order valence-corrected chi connectivity index (χ3v) is 8.20. The Morgan fingerprint density at radius 1 is 0.969 bits per heavy atom. The summed E-state index contributed by atoms with van der Waals surface area (Å²) in [6.07, 6.45) is 13.9. The van der Waals surface area contributed by atoms with E-state index in [1.54, 1.807) is 24.3 Å². The Balaban J connectivity index is 1.66. The zero-order valence-corrected chi connectivity index (χ0v) is 20.9. The minimum absolute atomic E-state index is 0.0334. The molecule has 2 aromatic rings. The van der Waals surface area contributed by atoms with Gasteiger partial charge in [-0.3, -0.25) is 0 Å². The molecule has 3 nitrogen and oxygen atoms in total. The molecule has 0 spiro atoms. The first-order valence-corrected chi connectivity index (χ1v) is 14.4. The van der Waals surface area contributed by atoms with Gasteiger partial charge in [0.15, 0.2) is 9.84 Å². The van der Waals surface area contributed by atoms with Gasteiger partial charge in [0, 0.05) is 12.2 Å². The molecule has 176 valence electrons. The molecule has 0 aliphatic heterocycles. The maximum absolute atomic E-state index is 11.8. The number of hydrogen-bond donors (Lipinski definition) is 0. The largest absolute Gasteiger partial charge is 0.485 e. The van der Waals surface area contributed by atoms with E-state index in [0.717, 1.165) is 24.5 Å². The van der Waals surface area contributed by atoms with Crippen LogP contribution in [0.5, 0.6) is 5.75 Å². The molecule has 0 N–H and O–H groups in total. The van der Waals surface area contributed by atoms with Crippen LogP contribution in [0.1, 0.15) is 88.9 Å². The molecule has 3 unspecified atom stereocenters. The Morgan fingerprint density at radius 2 is 1.69 bits per heavy atom. The number of sulfone groups is 1. The first-order chi connectivity index (χ1) is 15.4. The topological polar surface area (TPSA) is 43.4 Å². The Labute approximate surface area is 195 Å². The first kappa shape index (κ1) is 24.8. The predicted octanol–water partition coefficient (Wildman–Crippen LogP) is 7.55. The fourth-order valence-electron chi connectivity index (χ4n) is 5.04. The van der Waals surface area contributed by atoms with Gasteiger partial charge in [-0.15, -0.1) is 0 Å². The van der Waals surface area contributed by atoms with Crippen LogP contribution in [0.3, 0.4) is 0 Å². The lowest BCUT2D eigenvalue weighted by Gasteiger charge is -2.34. The van der Waals surface area contributed by atoms with Crippen LogP contribution in [0.15, 0.2) is 53.4 Å². The number of aryl methyl sites for hydroxylation is 1. The summed E-state index contributed by atoms with van der Waals surface area (Å²) in [6.45, 7) is 4.61. The van der Waals surface area contributed by atoms with Gasteiger partial charge in [0.25, 0.3) is 0 Å². The monoisotopic (exact) mass is 456 g/mol. The highest BCUT2D eigenvalue weighted by Crippen LogP contribution is 2.40. The average molecular weight is 457 g/mol. The second-order valence-corrected chi connectivity index (χ2v) is 11.5. The van der Waals surface area contributed by atoms with Gasteiger partial charge >= 0.3 is 0 Å². The summed E-state index contributed by atoms with van der Waals surface area (Å²) >= 11 is 0. The van der Waals surface area contributed by atoms with Gasteiger partial charge in [-0.1, -0.05) is 83.1 Å². The first-order valence-electron chi connectivity index (χ1n) is 12.5. The lowest BCUT2D eigenvalue weighted by molar-refractivity contribution is 0.110. The number of ether oxygens (including phenoxy) is 1. The highest BCUT2D eigenvalue weighted by atomic mass is 32.2. The van der Waals surface area contributed by atoms with Gasteiger partial charge in [-0.2, -0.15) is 0 Å². The minimum Gasteiger partial charge on any atom is -0.485 e. The number of fused-ring (bicyclic) bond motifs is 1. The van der Waals surface area contributed by atoms with Crippen LogP contribution in [0, 0.1) is 11.8 Å². The lowest BCUT2D eigenvalue weighted by Crippen LogP contribution is -2.25. The fourth-order valence-corrected chi connectivity index (χ4v) is 5.67. The zero-order chi connectivity index (χ0) is 23.0. The molecule has 4 heteroatoms. The predicted molar refractivity (Wildman–Crippen MR) is 133 cm³/mol. The van der Waals surface area contributed by atoms with Crippen molar-refractivity contribution in [1.82, 2.24) is 0 Å². The van der Waals surface area contributed by atoms with E-state index < -0.39 is 9.84 Å². The molecule has 0 saturated carbocycles. The van der Waals surface area contributed by atoms with Crippen molar-refractivity contribution >= 4 is 9.84 Å². The molecule has 0 fully saturated rings. The normalized spacial score (nSPS) is 19.3. The van der Waals surface area contributed by atoms with Crippen LogP contribution in [-0.2, 0) is 16.3 Å². The Morgan fingerprint density at radius 3 is 2.38 bits per heavy atom. The van der Waals surface area contributed by atoms with E-state index in [9.17, 15) is 8.42 Å². The Bertz CT molecular complexity index is 933. The van der Waals surface area contributed by atoms with Crippen molar-refractivity contribution in [2.75, 3.05) is 6.26 Å². The van der Waals surface area contributed by atoms with Crippen LogP contribution in [0.2, 0.25) is 0 Å². The molecule has 3 atom stereocenters. The zero-order valence-electron chi connectivity index (χ0n) is 20.1. The third kappa shape index (κ3) is 6.84. The smallest absolute Gasteiger partial charge is 0.175 e. The van der Waals surface area contributed by atoms with Crippen molar-refractivity contribution in [2.24, 2.45) is 11.8 Å². The molecule has 0 radical (unpaired) electrons. The number of hydrogen-bond acceptors (Lipinski definition) is 3. The van der Waals surface area contributed by atoms with Crippen LogP contribution in [0.25, 0.3) is 0 Å². The number of benzene rings is 2. The van der Waals surface area contributed by atoms with E-state index in [0.29, 0.717) is 10.8 Å². The molecule has 1 aliphatic carbocycles. The highest BCUT2D eigenvalue weighted by molar-refractivity contribution is 7.90. The SMILES string of the molecule is CCCCC(CC)CCCCC1CCc2ccccc2C1Oc1ccc(S(C)(=O)=O)cc1. The lowest BCUT2D eigenvalue weighted by atomic mass is 9.78. The van der Waals surface area contributed by atoms with Crippen molar-refractivity contribution in [3.8, 4) is 5.75 Å². The van der Waals surface area contributed by atoms with Gasteiger partial charge in [-0.05, 0) is 60.6 Å². The van der Waals surface area contributed by atoms with Gasteiger partial charge in [0.2, 0.25) is 0 Å². The van der Waals surface area contributed by atoms with Crippen LogP contribution in [0.4, 0.5) is 0 Å². The second-order valence-electron chi connectivity index (χ2n) is 9.48. The molecule has 32 heavy (non-hydrogen) atoms.